The molecule has 1 heterocycles. The predicted octanol–water partition coefficient (Wildman–Crippen LogP) is 3.79. The molecule has 3 aromatic rings. The highest BCUT2D eigenvalue weighted by molar-refractivity contribution is 7.22. The number of hydrogen-bond donors (Lipinski definition) is 1. The third kappa shape index (κ3) is 2.94. The minimum Gasteiger partial charge on any atom is -0.496 e. The highest BCUT2D eigenvalue weighted by atomic mass is 32.1. The molecule has 0 saturated heterocycles. The van der Waals surface area contributed by atoms with Crippen LogP contribution in [0.3, 0.4) is 0 Å². The Kier molecular flexibility index (Phi) is 4.06. The van der Waals surface area contributed by atoms with E-state index in [1.54, 1.807) is 7.11 Å². The Morgan fingerprint density at radius 1 is 1.23 bits per heavy atom. The van der Waals surface area contributed by atoms with Crippen LogP contribution < -0.4 is 10.1 Å². The molecular weight excluding hydrogens is 296 g/mol. The van der Waals surface area contributed by atoms with Crippen LogP contribution in [0, 0.1) is 6.92 Å². The molecule has 3 rings (SSSR count). The van der Waals surface area contributed by atoms with Gasteiger partial charge in [0.05, 0.1) is 23.7 Å². The molecule has 0 unspecified atom stereocenters. The summed E-state index contributed by atoms with van der Waals surface area (Å²) >= 11 is 1.49. The van der Waals surface area contributed by atoms with E-state index in [4.69, 9.17) is 4.74 Å². The molecule has 0 aliphatic carbocycles. The molecule has 112 valence electrons. The molecule has 1 aromatic heterocycles. The second-order valence-electron chi connectivity index (χ2n) is 4.98. The number of para-hydroxylation sites is 2. The van der Waals surface area contributed by atoms with Crippen LogP contribution in [-0.2, 0) is 11.2 Å². The van der Waals surface area contributed by atoms with Gasteiger partial charge in [-0.3, -0.25) is 4.79 Å². The van der Waals surface area contributed by atoms with Crippen LogP contribution in [0.4, 0.5) is 5.13 Å². The number of nitrogens with zero attached hydrogens (tertiary/aromatic N) is 1. The molecule has 0 fully saturated rings. The first-order chi connectivity index (χ1) is 10.7. The maximum absolute atomic E-state index is 12.2. The first-order valence-electron chi connectivity index (χ1n) is 6.95. The fraction of sp³-hybridized carbons (Fsp3) is 0.176. The summed E-state index contributed by atoms with van der Waals surface area (Å²) in [5, 5.41) is 3.50. The Hall–Kier alpha value is -2.40. The molecule has 1 amide bonds. The van der Waals surface area contributed by atoms with Crippen LogP contribution in [-0.4, -0.2) is 18.0 Å². The molecule has 0 bridgehead atoms. The zero-order valence-corrected chi connectivity index (χ0v) is 13.2. The molecule has 0 aliphatic heterocycles. The lowest BCUT2D eigenvalue weighted by atomic mass is 10.1. The topological polar surface area (TPSA) is 51.2 Å². The normalized spacial score (nSPS) is 10.6. The molecule has 2 aromatic carbocycles. The highest BCUT2D eigenvalue weighted by Crippen LogP contribution is 2.28. The van der Waals surface area contributed by atoms with Crippen molar-refractivity contribution in [2.24, 2.45) is 0 Å². The van der Waals surface area contributed by atoms with Crippen LogP contribution in [0.15, 0.2) is 42.5 Å². The van der Waals surface area contributed by atoms with Crippen molar-refractivity contribution in [1.29, 1.82) is 0 Å². The summed E-state index contributed by atoms with van der Waals surface area (Å²) in [5.74, 6) is 0.624. The molecule has 0 saturated carbocycles. The van der Waals surface area contributed by atoms with Crippen LogP contribution >= 0.6 is 11.3 Å². The summed E-state index contributed by atoms with van der Waals surface area (Å²) in [6.07, 6.45) is 0.263. The number of ether oxygens (including phenoxy) is 1. The Bertz CT molecular complexity index is 826. The number of anilines is 1. The summed E-state index contributed by atoms with van der Waals surface area (Å²) in [4.78, 5) is 16.7. The van der Waals surface area contributed by atoms with Gasteiger partial charge in [0.2, 0.25) is 5.91 Å². The fourth-order valence-electron chi connectivity index (χ4n) is 2.33. The first-order valence-corrected chi connectivity index (χ1v) is 7.77. The van der Waals surface area contributed by atoms with Crippen LogP contribution in [0.1, 0.15) is 11.1 Å². The van der Waals surface area contributed by atoms with Gasteiger partial charge in [-0.05, 0) is 24.6 Å². The van der Waals surface area contributed by atoms with Gasteiger partial charge in [-0.25, -0.2) is 4.98 Å². The van der Waals surface area contributed by atoms with Gasteiger partial charge in [-0.1, -0.05) is 41.7 Å². The fourth-order valence-corrected chi connectivity index (χ4v) is 3.29. The number of nitrogens with one attached hydrogen (secondary N) is 1. The predicted molar refractivity (Wildman–Crippen MR) is 89.7 cm³/mol. The van der Waals surface area contributed by atoms with E-state index >= 15 is 0 Å². The zero-order valence-electron chi connectivity index (χ0n) is 12.4. The van der Waals surface area contributed by atoms with Crippen molar-refractivity contribution >= 4 is 32.6 Å². The van der Waals surface area contributed by atoms with Gasteiger partial charge in [0.15, 0.2) is 5.13 Å². The van der Waals surface area contributed by atoms with Crippen LogP contribution in [0.25, 0.3) is 10.2 Å². The van der Waals surface area contributed by atoms with Gasteiger partial charge in [0, 0.05) is 5.56 Å². The Morgan fingerprint density at radius 2 is 2.05 bits per heavy atom. The second-order valence-corrected chi connectivity index (χ2v) is 6.01. The minimum atomic E-state index is -0.0961. The molecule has 5 heteroatoms. The van der Waals surface area contributed by atoms with Crippen LogP contribution in [0.5, 0.6) is 5.75 Å². The van der Waals surface area contributed by atoms with E-state index in [0.29, 0.717) is 5.13 Å². The smallest absolute Gasteiger partial charge is 0.230 e. The summed E-state index contributed by atoms with van der Waals surface area (Å²) in [7, 11) is 1.60. The summed E-state index contributed by atoms with van der Waals surface area (Å²) in [6.45, 7) is 2.02. The number of thiazole rings is 1. The summed E-state index contributed by atoms with van der Waals surface area (Å²) in [6, 6.07) is 13.5. The SMILES string of the molecule is COc1ccccc1CC(=O)Nc1nc2c(C)cccc2s1. The highest BCUT2D eigenvalue weighted by Gasteiger charge is 2.11. The lowest BCUT2D eigenvalue weighted by Gasteiger charge is -2.07. The van der Waals surface area contributed by atoms with Crippen molar-refractivity contribution in [2.75, 3.05) is 12.4 Å². The monoisotopic (exact) mass is 312 g/mol. The molecule has 0 spiro atoms. The van der Waals surface area contributed by atoms with Crippen molar-refractivity contribution in [3.8, 4) is 5.75 Å². The van der Waals surface area contributed by atoms with Gasteiger partial charge < -0.3 is 10.1 Å². The first kappa shape index (κ1) is 14.5. The summed E-state index contributed by atoms with van der Waals surface area (Å²) in [5.41, 5.74) is 2.92. The molecule has 0 aliphatic rings. The number of aryl methyl sites for hydroxylation is 1. The van der Waals surface area contributed by atoms with Crippen LogP contribution in [0.2, 0.25) is 0 Å². The van der Waals surface area contributed by atoms with Crippen molar-refractivity contribution in [1.82, 2.24) is 4.98 Å². The number of carbonyl (C=O) groups excluding carboxylic acids is 1. The third-order valence-corrected chi connectivity index (χ3v) is 4.35. The largest absolute Gasteiger partial charge is 0.496 e. The van der Waals surface area contributed by atoms with E-state index in [9.17, 15) is 4.79 Å². The number of carbonyl (C=O) groups is 1. The van der Waals surface area contributed by atoms with Gasteiger partial charge in [-0.15, -0.1) is 0 Å². The zero-order chi connectivity index (χ0) is 15.5. The number of amides is 1. The van der Waals surface area contributed by atoms with E-state index in [2.05, 4.69) is 10.3 Å². The number of methoxy groups -OCH3 is 1. The molecule has 0 atom stereocenters. The number of benzene rings is 2. The summed E-state index contributed by atoms with van der Waals surface area (Å²) < 4.78 is 6.34. The maximum Gasteiger partial charge on any atom is 0.230 e. The number of rotatable bonds is 4. The number of hydrogen-bond acceptors (Lipinski definition) is 4. The van der Waals surface area contributed by atoms with Crippen molar-refractivity contribution in [3.05, 3.63) is 53.6 Å². The van der Waals surface area contributed by atoms with Gasteiger partial charge in [-0.2, -0.15) is 0 Å². The molecule has 22 heavy (non-hydrogen) atoms. The standard InChI is InChI=1S/C17H16N2O2S/c1-11-6-5-9-14-16(11)19-17(22-14)18-15(20)10-12-7-3-4-8-13(12)21-2/h3-9H,10H2,1-2H3,(H,18,19,20). The van der Waals surface area contributed by atoms with E-state index in [-0.39, 0.29) is 12.3 Å². The quantitative estimate of drug-likeness (QED) is 0.797. The Morgan fingerprint density at radius 3 is 2.82 bits per heavy atom. The molecular formula is C17H16N2O2S. The van der Waals surface area contributed by atoms with E-state index in [1.807, 2.05) is 49.4 Å². The number of aromatic nitrogens is 1. The number of fused-ring (bicyclic) bond motifs is 1. The van der Waals surface area contributed by atoms with Crippen molar-refractivity contribution in [3.63, 3.8) is 0 Å². The van der Waals surface area contributed by atoms with E-state index < -0.39 is 0 Å². The van der Waals surface area contributed by atoms with Gasteiger partial charge >= 0.3 is 0 Å². The van der Waals surface area contributed by atoms with E-state index in [1.165, 1.54) is 11.3 Å². The van der Waals surface area contributed by atoms with Crippen molar-refractivity contribution < 1.29 is 9.53 Å². The van der Waals surface area contributed by atoms with Gasteiger partial charge in [0.25, 0.3) is 0 Å². The Balaban J connectivity index is 1.77. The lowest BCUT2D eigenvalue weighted by Crippen LogP contribution is -2.14. The molecule has 1 N–H and O–H groups in total. The maximum atomic E-state index is 12.2. The van der Waals surface area contributed by atoms with Gasteiger partial charge in [0.1, 0.15) is 5.75 Å². The average molecular weight is 312 g/mol. The average Bonchev–Trinajstić information content (AvgIpc) is 2.91. The Labute approximate surface area is 132 Å². The van der Waals surface area contributed by atoms with Crippen molar-refractivity contribution in [2.45, 2.75) is 13.3 Å². The third-order valence-electron chi connectivity index (χ3n) is 3.41. The minimum absolute atomic E-state index is 0.0961. The lowest BCUT2D eigenvalue weighted by molar-refractivity contribution is -0.115. The molecule has 4 nitrogen and oxygen atoms in total. The molecule has 0 radical (unpaired) electrons. The van der Waals surface area contributed by atoms with E-state index in [0.717, 1.165) is 27.1 Å². The second kappa shape index (κ2) is 6.15.